The van der Waals surface area contributed by atoms with Crippen LogP contribution in [0.5, 0.6) is 0 Å². The van der Waals surface area contributed by atoms with Crippen LogP contribution in [0.4, 0.5) is 0 Å². The van der Waals surface area contributed by atoms with Crippen LogP contribution >= 0.6 is 0 Å². The molecule has 0 saturated carbocycles. The number of carboxylic acids is 1. The van der Waals surface area contributed by atoms with E-state index < -0.39 is 18.4 Å². The second-order valence-electron chi connectivity index (χ2n) is 4.15. The minimum absolute atomic E-state index is 0.0698. The van der Waals surface area contributed by atoms with E-state index in [1.165, 1.54) is 0 Å². The molecule has 1 N–H and O–H groups in total. The Hall–Kier alpha value is -2.87. The Bertz CT molecular complexity index is 704. The molecule has 0 aliphatic carbocycles. The Balaban J connectivity index is 2.33. The van der Waals surface area contributed by atoms with E-state index in [9.17, 15) is 9.59 Å². The molecule has 2 rings (SSSR count). The zero-order valence-electron chi connectivity index (χ0n) is 10.6. The maximum atomic E-state index is 12.2. The van der Waals surface area contributed by atoms with Crippen molar-refractivity contribution in [2.45, 2.75) is 0 Å². The van der Waals surface area contributed by atoms with Crippen molar-refractivity contribution in [3.63, 3.8) is 0 Å². The third kappa shape index (κ3) is 2.93. The van der Waals surface area contributed by atoms with Crippen molar-refractivity contribution in [3.8, 4) is 12.3 Å². The average Bonchev–Trinajstić information content (AvgIpc) is 2.45. The number of nitrogens with zero attached hydrogens (tertiary/aromatic N) is 2. The minimum atomic E-state index is -1.12. The molecule has 0 atom stereocenters. The summed E-state index contributed by atoms with van der Waals surface area (Å²) < 4.78 is 0. The van der Waals surface area contributed by atoms with Crippen LogP contribution in [0.15, 0.2) is 36.4 Å². The molecule has 0 unspecified atom stereocenters. The first-order chi connectivity index (χ1) is 9.61. The van der Waals surface area contributed by atoms with E-state index in [0.717, 1.165) is 10.3 Å². The van der Waals surface area contributed by atoms with Crippen molar-refractivity contribution in [1.82, 2.24) is 9.88 Å². The van der Waals surface area contributed by atoms with Crippen molar-refractivity contribution >= 4 is 22.8 Å². The molecular weight excluding hydrogens is 256 g/mol. The smallest absolute Gasteiger partial charge is 0.323 e. The van der Waals surface area contributed by atoms with Crippen molar-refractivity contribution in [1.29, 1.82) is 0 Å². The number of hydrogen-bond acceptors (Lipinski definition) is 3. The van der Waals surface area contributed by atoms with Gasteiger partial charge in [-0.3, -0.25) is 9.59 Å². The maximum Gasteiger partial charge on any atom is 0.323 e. The summed E-state index contributed by atoms with van der Waals surface area (Å²) in [4.78, 5) is 28.3. The standard InChI is InChI=1S/C15H12N2O3/c1-2-9-17(10-14(18)19)15(20)13-8-7-11-5-3-4-6-12(11)16-13/h1,3-8H,9-10H2,(H,18,19). The first-order valence-corrected chi connectivity index (χ1v) is 5.92. The van der Waals surface area contributed by atoms with Gasteiger partial charge < -0.3 is 10.0 Å². The maximum absolute atomic E-state index is 12.2. The molecule has 0 saturated heterocycles. The van der Waals surface area contributed by atoms with E-state index in [1.54, 1.807) is 18.2 Å². The van der Waals surface area contributed by atoms with Gasteiger partial charge in [-0.2, -0.15) is 0 Å². The fraction of sp³-hybridized carbons (Fsp3) is 0.133. The molecule has 2 aromatic rings. The zero-order chi connectivity index (χ0) is 14.5. The molecule has 5 heteroatoms. The highest BCUT2D eigenvalue weighted by Gasteiger charge is 2.19. The fourth-order valence-electron chi connectivity index (χ4n) is 1.82. The van der Waals surface area contributed by atoms with Crippen LogP contribution in [0, 0.1) is 12.3 Å². The Morgan fingerprint density at radius 3 is 2.70 bits per heavy atom. The van der Waals surface area contributed by atoms with Crippen molar-refractivity contribution < 1.29 is 14.7 Å². The molecule has 5 nitrogen and oxygen atoms in total. The van der Waals surface area contributed by atoms with E-state index in [4.69, 9.17) is 11.5 Å². The summed E-state index contributed by atoms with van der Waals surface area (Å²) >= 11 is 0. The van der Waals surface area contributed by atoms with Crippen molar-refractivity contribution in [2.24, 2.45) is 0 Å². The monoisotopic (exact) mass is 268 g/mol. The minimum Gasteiger partial charge on any atom is -0.480 e. The lowest BCUT2D eigenvalue weighted by molar-refractivity contribution is -0.137. The largest absolute Gasteiger partial charge is 0.480 e. The molecule has 0 radical (unpaired) electrons. The molecule has 0 aliphatic rings. The predicted octanol–water partition coefficient (Wildman–Crippen LogP) is 1.39. The van der Waals surface area contributed by atoms with Crippen molar-refractivity contribution in [3.05, 3.63) is 42.1 Å². The molecule has 100 valence electrons. The lowest BCUT2D eigenvalue weighted by atomic mass is 10.2. The normalized spacial score (nSPS) is 9.95. The summed E-state index contributed by atoms with van der Waals surface area (Å²) in [6.45, 7) is -0.517. The number of benzene rings is 1. The molecule has 0 aliphatic heterocycles. The zero-order valence-corrected chi connectivity index (χ0v) is 10.6. The Labute approximate surface area is 115 Å². The van der Waals surface area contributed by atoms with E-state index in [2.05, 4.69) is 10.9 Å². The molecule has 1 amide bonds. The van der Waals surface area contributed by atoms with Crippen LogP contribution in [0.2, 0.25) is 0 Å². The number of carbonyl (C=O) groups is 2. The number of rotatable bonds is 4. The van der Waals surface area contributed by atoms with Crippen LogP contribution in [-0.2, 0) is 4.79 Å². The summed E-state index contributed by atoms with van der Waals surface area (Å²) in [7, 11) is 0. The number of aliphatic carboxylic acids is 1. The Kier molecular flexibility index (Phi) is 3.96. The molecule has 0 bridgehead atoms. The number of hydrogen-bond donors (Lipinski definition) is 1. The van der Waals surface area contributed by atoms with Crippen LogP contribution in [-0.4, -0.2) is 40.0 Å². The van der Waals surface area contributed by atoms with Gasteiger partial charge in [0.25, 0.3) is 5.91 Å². The number of para-hydroxylation sites is 1. The van der Waals surface area contributed by atoms with Gasteiger partial charge in [0.1, 0.15) is 12.2 Å². The number of carboxylic acid groups (broad SMARTS) is 1. The number of terminal acetylenes is 1. The number of amides is 1. The SMILES string of the molecule is C#CCN(CC(=O)O)C(=O)c1ccc2ccccc2n1. The van der Waals surface area contributed by atoms with Crippen LogP contribution in [0.25, 0.3) is 10.9 Å². The topological polar surface area (TPSA) is 70.5 Å². The summed E-state index contributed by atoms with van der Waals surface area (Å²) in [5, 5.41) is 9.70. The summed E-state index contributed by atoms with van der Waals surface area (Å²) in [5.41, 5.74) is 0.856. The molecule has 0 fully saturated rings. The lowest BCUT2D eigenvalue weighted by Crippen LogP contribution is -2.36. The molecule has 0 spiro atoms. The quantitative estimate of drug-likeness (QED) is 0.851. The molecule has 1 aromatic carbocycles. The second kappa shape index (κ2) is 5.85. The van der Waals surface area contributed by atoms with Gasteiger partial charge in [0, 0.05) is 5.39 Å². The Morgan fingerprint density at radius 2 is 2.00 bits per heavy atom. The van der Waals surface area contributed by atoms with Gasteiger partial charge in [-0.1, -0.05) is 30.2 Å². The first-order valence-electron chi connectivity index (χ1n) is 5.92. The van der Waals surface area contributed by atoms with Gasteiger partial charge in [-0.25, -0.2) is 4.98 Å². The number of carbonyl (C=O) groups excluding carboxylic acids is 1. The first kappa shape index (κ1) is 13.6. The van der Waals surface area contributed by atoms with Gasteiger partial charge in [0.05, 0.1) is 12.1 Å². The fourth-order valence-corrected chi connectivity index (χ4v) is 1.82. The van der Waals surface area contributed by atoms with Crippen LogP contribution in [0.1, 0.15) is 10.5 Å². The van der Waals surface area contributed by atoms with Crippen molar-refractivity contribution in [2.75, 3.05) is 13.1 Å². The van der Waals surface area contributed by atoms with Gasteiger partial charge in [-0.15, -0.1) is 6.42 Å². The lowest BCUT2D eigenvalue weighted by Gasteiger charge is -2.17. The summed E-state index contributed by atoms with van der Waals surface area (Å²) in [5.74, 6) is 0.669. The van der Waals surface area contributed by atoms with Crippen LogP contribution in [0.3, 0.4) is 0 Å². The van der Waals surface area contributed by atoms with Crippen LogP contribution < -0.4 is 0 Å². The summed E-state index contributed by atoms with van der Waals surface area (Å²) in [6.07, 6.45) is 5.15. The molecule has 1 heterocycles. The predicted molar refractivity (Wildman–Crippen MR) is 74.1 cm³/mol. The van der Waals surface area contributed by atoms with Gasteiger partial charge >= 0.3 is 5.97 Å². The highest BCUT2D eigenvalue weighted by atomic mass is 16.4. The van der Waals surface area contributed by atoms with E-state index in [0.29, 0.717) is 5.52 Å². The second-order valence-corrected chi connectivity index (χ2v) is 4.15. The highest BCUT2D eigenvalue weighted by molar-refractivity contribution is 5.96. The number of pyridine rings is 1. The Morgan fingerprint density at radius 1 is 1.25 bits per heavy atom. The number of fused-ring (bicyclic) bond motifs is 1. The van der Waals surface area contributed by atoms with Gasteiger partial charge in [-0.05, 0) is 12.1 Å². The molecule has 1 aromatic heterocycles. The average molecular weight is 268 g/mol. The van der Waals surface area contributed by atoms with Gasteiger partial charge in [0.2, 0.25) is 0 Å². The number of aromatic nitrogens is 1. The summed E-state index contributed by atoms with van der Waals surface area (Å²) in [6, 6.07) is 10.7. The molecule has 20 heavy (non-hydrogen) atoms. The highest BCUT2D eigenvalue weighted by Crippen LogP contribution is 2.13. The van der Waals surface area contributed by atoms with E-state index >= 15 is 0 Å². The third-order valence-electron chi connectivity index (χ3n) is 2.71. The third-order valence-corrected chi connectivity index (χ3v) is 2.71. The van der Waals surface area contributed by atoms with E-state index in [-0.39, 0.29) is 12.2 Å². The van der Waals surface area contributed by atoms with Gasteiger partial charge in [0.15, 0.2) is 0 Å². The van der Waals surface area contributed by atoms with E-state index in [1.807, 2.05) is 18.2 Å². The molecular formula is C15H12N2O3.